The van der Waals surface area contributed by atoms with Crippen LogP contribution in [-0.4, -0.2) is 9.97 Å². The van der Waals surface area contributed by atoms with Crippen molar-refractivity contribution < 1.29 is 4.42 Å². The number of nitrogens with zero attached hydrogens (tertiary/aromatic N) is 3. The third-order valence-corrected chi connectivity index (χ3v) is 5.01. The lowest BCUT2D eigenvalue weighted by molar-refractivity contribution is 0.526. The molecule has 1 unspecified atom stereocenters. The van der Waals surface area contributed by atoms with E-state index in [1.165, 1.54) is 6.33 Å². The lowest BCUT2D eigenvalue weighted by atomic mass is 9.86. The number of allylic oxidation sites excluding steroid dienone is 1. The maximum absolute atomic E-state index is 13.3. The van der Waals surface area contributed by atoms with Gasteiger partial charge in [0.25, 0.3) is 0 Å². The second kappa shape index (κ2) is 6.29. The Kier molecular flexibility index (Phi) is 3.63. The van der Waals surface area contributed by atoms with Gasteiger partial charge in [-0.15, -0.1) is 0 Å². The molecule has 5 nitrogen and oxygen atoms in total. The molecule has 0 saturated carbocycles. The quantitative estimate of drug-likeness (QED) is 0.508. The largest absolute Gasteiger partial charge is 0.459 e. The summed E-state index contributed by atoms with van der Waals surface area (Å²) in [5.41, 5.74) is 3.62. The van der Waals surface area contributed by atoms with Crippen molar-refractivity contribution in [3.8, 4) is 6.07 Å². The molecule has 0 amide bonds. The van der Waals surface area contributed by atoms with Gasteiger partial charge in [-0.3, -0.25) is 4.79 Å². The van der Waals surface area contributed by atoms with Gasteiger partial charge in [-0.25, -0.2) is 9.97 Å². The van der Waals surface area contributed by atoms with E-state index in [-0.39, 0.29) is 5.43 Å². The van der Waals surface area contributed by atoms with Crippen molar-refractivity contribution in [3.05, 3.63) is 105 Å². The third kappa shape index (κ3) is 2.36. The van der Waals surface area contributed by atoms with Crippen LogP contribution in [0.25, 0.3) is 22.6 Å². The summed E-state index contributed by atoms with van der Waals surface area (Å²) in [6.07, 6.45) is 6.52. The van der Waals surface area contributed by atoms with Crippen LogP contribution in [0.2, 0.25) is 0 Å². The van der Waals surface area contributed by atoms with Crippen molar-refractivity contribution >= 4 is 22.6 Å². The average molecular weight is 363 g/mol. The van der Waals surface area contributed by atoms with E-state index in [1.807, 2.05) is 30.3 Å². The molecule has 2 heterocycles. The third-order valence-electron chi connectivity index (χ3n) is 5.01. The first kappa shape index (κ1) is 16.2. The number of fused-ring (bicyclic) bond motifs is 3. The molecule has 1 aliphatic carbocycles. The Morgan fingerprint density at radius 1 is 1.00 bits per heavy atom. The molecule has 1 aliphatic rings. The van der Waals surface area contributed by atoms with Crippen LogP contribution in [0.5, 0.6) is 0 Å². The molecule has 0 spiro atoms. The number of aromatic nitrogens is 2. The molecule has 2 aromatic heterocycles. The highest BCUT2D eigenvalue weighted by Crippen LogP contribution is 2.41. The van der Waals surface area contributed by atoms with E-state index in [9.17, 15) is 10.1 Å². The molecule has 0 aliphatic heterocycles. The van der Waals surface area contributed by atoms with Crippen LogP contribution in [0.3, 0.4) is 0 Å². The topological polar surface area (TPSA) is 79.8 Å². The molecule has 4 aromatic rings. The molecule has 5 heteroatoms. The monoisotopic (exact) mass is 363 g/mol. The Balaban J connectivity index is 1.96. The van der Waals surface area contributed by atoms with Crippen molar-refractivity contribution in [2.45, 2.75) is 5.92 Å². The minimum absolute atomic E-state index is 0.153. The normalized spacial score (nSPS) is 15.1. The molecule has 0 saturated heterocycles. The molecule has 0 bridgehead atoms. The zero-order valence-corrected chi connectivity index (χ0v) is 14.7. The van der Waals surface area contributed by atoms with Gasteiger partial charge < -0.3 is 4.42 Å². The van der Waals surface area contributed by atoms with Crippen LogP contribution >= 0.6 is 0 Å². The van der Waals surface area contributed by atoms with Gasteiger partial charge in [-0.05, 0) is 29.3 Å². The summed E-state index contributed by atoms with van der Waals surface area (Å²) in [5.74, 6) is 0.100. The molecule has 28 heavy (non-hydrogen) atoms. The van der Waals surface area contributed by atoms with Gasteiger partial charge in [0, 0.05) is 18.0 Å². The zero-order valence-electron chi connectivity index (χ0n) is 14.7. The van der Waals surface area contributed by atoms with Gasteiger partial charge >= 0.3 is 0 Å². The predicted octanol–water partition coefficient (Wildman–Crippen LogP) is 4.14. The van der Waals surface area contributed by atoms with Crippen molar-refractivity contribution in [2.24, 2.45) is 0 Å². The summed E-state index contributed by atoms with van der Waals surface area (Å²) in [7, 11) is 0. The number of rotatable bonds is 1. The maximum atomic E-state index is 13.3. The second-order valence-electron chi connectivity index (χ2n) is 6.57. The van der Waals surface area contributed by atoms with Crippen LogP contribution in [0.4, 0.5) is 0 Å². The summed E-state index contributed by atoms with van der Waals surface area (Å²) in [5, 5.41) is 10.3. The van der Waals surface area contributed by atoms with E-state index in [1.54, 1.807) is 36.7 Å². The average Bonchev–Trinajstić information content (AvgIpc) is 2.89. The Morgan fingerprint density at radius 2 is 1.75 bits per heavy atom. The lowest BCUT2D eigenvalue weighted by Gasteiger charge is -2.19. The van der Waals surface area contributed by atoms with Gasteiger partial charge in [0.2, 0.25) is 0 Å². The number of nitriles is 1. The molecule has 2 aromatic carbocycles. The number of para-hydroxylation sites is 1. The molecular formula is C23H13N3O2. The molecular weight excluding hydrogens is 350 g/mol. The first-order valence-corrected chi connectivity index (χ1v) is 8.79. The van der Waals surface area contributed by atoms with Gasteiger partial charge in [0.15, 0.2) is 5.43 Å². The Hall–Kier alpha value is -4.04. The Labute approximate surface area is 160 Å². The smallest absolute Gasteiger partial charge is 0.200 e. The maximum Gasteiger partial charge on any atom is 0.200 e. The molecule has 0 N–H and O–H groups in total. The number of hydrogen-bond donors (Lipinski definition) is 0. The Bertz CT molecular complexity index is 1350. The highest BCUT2D eigenvalue weighted by atomic mass is 16.3. The van der Waals surface area contributed by atoms with Crippen molar-refractivity contribution in [1.82, 2.24) is 9.97 Å². The van der Waals surface area contributed by atoms with Crippen molar-refractivity contribution in [3.63, 3.8) is 0 Å². The summed E-state index contributed by atoms with van der Waals surface area (Å²) < 4.78 is 6.25. The van der Waals surface area contributed by atoms with Crippen LogP contribution in [0, 0.1) is 11.3 Å². The van der Waals surface area contributed by atoms with E-state index in [2.05, 4.69) is 16.0 Å². The minimum atomic E-state index is -0.396. The van der Waals surface area contributed by atoms with Crippen molar-refractivity contribution in [2.75, 3.05) is 0 Å². The van der Waals surface area contributed by atoms with E-state index < -0.39 is 5.92 Å². The summed E-state index contributed by atoms with van der Waals surface area (Å²) >= 11 is 0. The lowest BCUT2D eigenvalue weighted by Crippen LogP contribution is -2.13. The predicted molar refractivity (Wildman–Crippen MR) is 105 cm³/mol. The first-order valence-electron chi connectivity index (χ1n) is 8.79. The van der Waals surface area contributed by atoms with Crippen LogP contribution in [0.15, 0.2) is 76.5 Å². The van der Waals surface area contributed by atoms with Crippen molar-refractivity contribution in [1.29, 1.82) is 5.26 Å². The fraction of sp³-hybridized carbons (Fsp3) is 0.0435. The zero-order chi connectivity index (χ0) is 19.1. The molecule has 0 fully saturated rings. The summed E-state index contributed by atoms with van der Waals surface area (Å²) in [4.78, 5) is 21.6. The second-order valence-corrected chi connectivity index (χ2v) is 6.57. The van der Waals surface area contributed by atoms with Gasteiger partial charge in [0.05, 0.1) is 28.5 Å². The number of benzene rings is 2. The van der Waals surface area contributed by atoms with E-state index in [0.29, 0.717) is 27.9 Å². The van der Waals surface area contributed by atoms with Crippen LogP contribution in [-0.2, 0) is 0 Å². The summed E-state index contributed by atoms with van der Waals surface area (Å²) in [6.45, 7) is 0. The SMILES string of the molecule is N#CC1=Cc2c(oc3ccccc3c2=O)C(c2cncnc2)c2ccccc21. The Morgan fingerprint density at radius 3 is 2.57 bits per heavy atom. The van der Waals surface area contributed by atoms with E-state index >= 15 is 0 Å². The van der Waals surface area contributed by atoms with Gasteiger partial charge in [-0.2, -0.15) is 5.26 Å². The number of hydrogen-bond acceptors (Lipinski definition) is 5. The standard InChI is InChI=1S/C23H13N3O2/c24-10-14-9-19-22(27)18-7-3-4-8-20(18)28-23(19)21(15-11-25-13-26-12-15)17-6-2-1-5-16(14)17/h1-9,11-13,21H. The van der Waals surface area contributed by atoms with Crippen LogP contribution < -0.4 is 5.43 Å². The minimum Gasteiger partial charge on any atom is -0.459 e. The fourth-order valence-corrected chi connectivity index (χ4v) is 3.77. The molecule has 0 radical (unpaired) electrons. The molecule has 5 rings (SSSR count). The van der Waals surface area contributed by atoms with E-state index in [0.717, 1.165) is 16.7 Å². The highest BCUT2D eigenvalue weighted by Gasteiger charge is 2.30. The van der Waals surface area contributed by atoms with E-state index in [4.69, 9.17) is 4.42 Å². The van der Waals surface area contributed by atoms with Gasteiger partial charge in [-0.1, -0.05) is 36.4 Å². The first-order chi connectivity index (χ1) is 13.8. The molecule has 132 valence electrons. The fourth-order valence-electron chi connectivity index (χ4n) is 3.77. The van der Waals surface area contributed by atoms with Gasteiger partial charge in [0.1, 0.15) is 17.7 Å². The summed E-state index contributed by atoms with van der Waals surface area (Å²) in [6, 6.07) is 17.0. The van der Waals surface area contributed by atoms with Crippen LogP contribution in [0.1, 0.15) is 33.9 Å². The highest BCUT2D eigenvalue weighted by molar-refractivity contribution is 5.94. The molecule has 1 atom stereocenters.